The van der Waals surface area contributed by atoms with Crippen LogP contribution in [0.2, 0.25) is 0 Å². The number of alkyl halides is 3. The molecular formula is C30H50F3N7O. The van der Waals surface area contributed by atoms with Crippen molar-refractivity contribution in [3.05, 3.63) is 23.5 Å². The fourth-order valence-corrected chi connectivity index (χ4v) is 4.80. The topological polar surface area (TPSA) is 109 Å². The van der Waals surface area contributed by atoms with E-state index in [-0.39, 0.29) is 29.4 Å². The molecule has 0 bridgehead atoms. The van der Waals surface area contributed by atoms with Gasteiger partial charge in [-0.1, -0.05) is 46.5 Å². The molecule has 1 aliphatic rings. The third-order valence-electron chi connectivity index (χ3n) is 7.24. The fourth-order valence-electron chi connectivity index (χ4n) is 4.80. The highest BCUT2D eigenvalue weighted by molar-refractivity contribution is 5.99. The van der Waals surface area contributed by atoms with Crippen LogP contribution in [0, 0.1) is 11.8 Å². The van der Waals surface area contributed by atoms with Crippen molar-refractivity contribution < 1.29 is 18.0 Å². The van der Waals surface area contributed by atoms with Crippen LogP contribution in [0.15, 0.2) is 23.0 Å². The Morgan fingerprint density at radius 2 is 1.95 bits per heavy atom. The zero-order valence-electron chi connectivity index (χ0n) is 25.3. The molecule has 1 aromatic heterocycles. The van der Waals surface area contributed by atoms with Gasteiger partial charge >= 0.3 is 6.18 Å². The van der Waals surface area contributed by atoms with Gasteiger partial charge in [-0.3, -0.25) is 0 Å². The van der Waals surface area contributed by atoms with Gasteiger partial charge < -0.3 is 26.1 Å². The van der Waals surface area contributed by atoms with Gasteiger partial charge in [0.25, 0.3) is 5.95 Å². The SMILES string of the molecule is CCCCC(CCC)N/C=C(\C(N)=N\c1ncc(C(F)(F)F)c(NCC(C)CN(C)CCCCCC=O)n1)C1CC1. The second kappa shape index (κ2) is 18.0. The van der Waals surface area contributed by atoms with Crippen LogP contribution in [0.1, 0.15) is 97.0 Å². The molecule has 1 heterocycles. The molecular weight excluding hydrogens is 531 g/mol. The number of unbranched alkanes of at least 4 members (excludes halogenated alkanes) is 4. The number of aliphatic imine (C=N–C) groups is 1. The smallest absolute Gasteiger partial charge is 0.388 e. The molecule has 1 fully saturated rings. The van der Waals surface area contributed by atoms with Crippen molar-refractivity contribution in [3.63, 3.8) is 0 Å². The molecule has 232 valence electrons. The summed E-state index contributed by atoms with van der Waals surface area (Å²) >= 11 is 0. The quantitative estimate of drug-likeness (QED) is 0.0661. The van der Waals surface area contributed by atoms with E-state index in [2.05, 4.69) is 44.3 Å². The molecule has 0 amide bonds. The number of amidine groups is 1. The Hall–Kier alpha value is -2.69. The highest BCUT2D eigenvalue weighted by atomic mass is 19.4. The Morgan fingerprint density at radius 3 is 2.59 bits per heavy atom. The Morgan fingerprint density at radius 1 is 1.20 bits per heavy atom. The van der Waals surface area contributed by atoms with Gasteiger partial charge in [-0.15, -0.1) is 0 Å². The first-order valence-electron chi connectivity index (χ1n) is 15.2. The van der Waals surface area contributed by atoms with Gasteiger partial charge in [0.05, 0.1) is 0 Å². The number of carbonyl (C=O) groups is 1. The van der Waals surface area contributed by atoms with E-state index in [1.54, 1.807) is 0 Å². The number of halogens is 3. The molecule has 0 aromatic carbocycles. The van der Waals surface area contributed by atoms with Crippen LogP contribution in [-0.4, -0.2) is 59.7 Å². The lowest BCUT2D eigenvalue weighted by atomic mass is 10.0. The number of aromatic nitrogens is 2. The van der Waals surface area contributed by atoms with Crippen molar-refractivity contribution >= 4 is 23.9 Å². The summed E-state index contributed by atoms with van der Waals surface area (Å²) in [6, 6.07) is 0.350. The minimum absolute atomic E-state index is 0.0716. The van der Waals surface area contributed by atoms with Crippen LogP contribution in [0.4, 0.5) is 24.9 Å². The molecule has 41 heavy (non-hydrogen) atoms. The molecule has 0 saturated heterocycles. The molecule has 0 aliphatic heterocycles. The first kappa shape index (κ1) is 34.5. The molecule has 1 aliphatic carbocycles. The zero-order valence-corrected chi connectivity index (χ0v) is 25.3. The molecule has 11 heteroatoms. The number of hydrogen-bond acceptors (Lipinski definition) is 7. The number of carbonyl (C=O) groups excluding carboxylic acids is 1. The molecule has 0 spiro atoms. The average Bonchev–Trinajstić information content (AvgIpc) is 3.75. The van der Waals surface area contributed by atoms with Crippen molar-refractivity contribution in [1.82, 2.24) is 20.2 Å². The van der Waals surface area contributed by atoms with E-state index in [1.165, 1.54) is 0 Å². The minimum atomic E-state index is -4.60. The second-order valence-electron chi connectivity index (χ2n) is 11.4. The highest BCUT2D eigenvalue weighted by Crippen LogP contribution is 2.37. The van der Waals surface area contributed by atoms with Crippen LogP contribution < -0.4 is 16.4 Å². The van der Waals surface area contributed by atoms with E-state index in [0.29, 0.717) is 25.6 Å². The summed E-state index contributed by atoms with van der Waals surface area (Å²) in [5.74, 6) is 0.206. The molecule has 2 atom stereocenters. The predicted octanol–water partition coefficient (Wildman–Crippen LogP) is 6.47. The monoisotopic (exact) mass is 581 g/mol. The largest absolute Gasteiger partial charge is 0.421 e. The van der Waals surface area contributed by atoms with Crippen LogP contribution in [0.3, 0.4) is 0 Å². The van der Waals surface area contributed by atoms with Crippen LogP contribution in [-0.2, 0) is 11.0 Å². The van der Waals surface area contributed by atoms with E-state index in [9.17, 15) is 18.0 Å². The lowest BCUT2D eigenvalue weighted by molar-refractivity contribution is -0.137. The maximum atomic E-state index is 13.7. The van der Waals surface area contributed by atoms with Crippen molar-refractivity contribution in [1.29, 1.82) is 0 Å². The molecule has 1 aromatic rings. The number of anilines is 1. The summed E-state index contributed by atoms with van der Waals surface area (Å²) in [6.45, 7) is 8.20. The van der Waals surface area contributed by atoms with E-state index < -0.39 is 11.7 Å². The van der Waals surface area contributed by atoms with Crippen LogP contribution >= 0.6 is 0 Å². The summed E-state index contributed by atoms with van der Waals surface area (Å²) in [7, 11) is 1.99. The molecule has 4 N–H and O–H groups in total. The number of nitrogens with two attached hydrogens (primary N) is 1. The number of hydrogen-bond donors (Lipinski definition) is 3. The summed E-state index contributed by atoms with van der Waals surface area (Å²) in [4.78, 5) is 25.0. The van der Waals surface area contributed by atoms with Crippen LogP contribution in [0.5, 0.6) is 0 Å². The molecule has 2 unspecified atom stereocenters. The summed E-state index contributed by atoms with van der Waals surface area (Å²) in [5, 5.41) is 6.40. The first-order chi connectivity index (χ1) is 19.6. The summed E-state index contributed by atoms with van der Waals surface area (Å²) in [6.07, 6.45) is 9.93. The van der Waals surface area contributed by atoms with Gasteiger partial charge in [0.2, 0.25) is 0 Å². The van der Waals surface area contributed by atoms with Crippen molar-refractivity contribution in [2.24, 2.45) is 22.6 Å². The number of rotatable bonds is 21. The van der Waals surface area contributed by atoms with Crippen molar-refractivity contribution in [2.45, 2.75) is 104 Å². The van der Waals surface area contributed by atoms with Gasteiger partial charge in [-0.25, -0.2) is 4.98 Å². The third-order valence-corrected chi connectivity index (χ3v) is 7.24. The van der Waals surface area contributed by atoms with Gasteiger partial charge in [0, 0.05) is 43.5 Å². The molecule has 0 radical (unpaired) electrons. The van der Waals surface area contributed by atoms with Crippen molar-refractivity contribution in [3.8, 4) is 0 Å². The van der Waals surface area contributed by atoms with E-state index in [0.717, 1.165) is 88.8 Å². The van der Waals surface area contributed by atoms with E-state index in [4.69, 9.17) is 5.73 Å². The molecule has 8 nitrogen and oxygen atoms in total. The Bertz CT molecular complexity index is 979. The minimum Gasteiger partial charge on any atom is -0.388 e. The van der Waals surface area contributed by atoms with E-state index >= 15 is 0 Å². The fraction of sp³-hybridized carbons (Fsp3) is 0.733. The lowest BCUT2D eigenvalue weighted by Gasteiger charge is -2.22. The van der Waals surface area contributed by atoms with Crippen LogP contribution in [0.25, 0.3) is 0 Å². The first-order valence-corrected chi connectivity index (χ1v) is 15.2. The number of nitrogens with one attached hydrogen (secondary N) is 2. The zero-order chi connectivity index (χ0) is 30.3. The average molecular weight is 582 g/mol. The molecule has 2 rings (SSSR count). The summed E-state index contributed by atoms with van der Waals surface area (Å²) in [5.41, 5.74) is 6.30. The van der Waals surface area contributed by atoms with Crippen molar-refractivity contribution in [2.75, 3.05) is 32.0 Å². The van der Waals surface area contributed by atoms with Gasteiger partial charge in [0.15, 0.2) is 0 Å². The Balaban J connectivity index is 2.11. The number of nitrogens with zero attached hydrogens (tertiary/aromatic N) is 4. The maximum Gasteiger partial charge on any atom is 0.421 e. The van der Waals surface area contributed by atoms with Gasteiger partial charge in [-0.05, 0) is 64.0 Å². The Kier molecular flexibility index (Phi) is 15.1. The highest BCUT2D eigenvalue weighted by Gasteiger charge is 2.35. The predicted molar refractivity (Wildman–Crippen MR) is 160 cm³/mol. The second-order valence-corrected chi connectivity index (χ2v) is 11.4. The maximum absolute atomic E-state index is 13.7. The molecule has 1 saturated carbocycles. The summed E-state index contributed by atoms with van der Waals surface area (Å²) < 4.78 is 41.2. The third kappa shape index (κ3) is 13.2. The standard InChI is InChI=1S/C30H50F3N7O/c1-5-7-13-24(12-6-2)35-19-25(23-14-15-23)27(34)38-29-37-20-26(30(31,32)33)28(39-29)36-18-22(3)21-40(4)16-10-8-9-11-17-41/h17,19-20,22-24,35H,5-16,18,21H2,1-4H3,(H3,34,36,37,38,39)/b25-19-. The van der Waals surface area contributed by atoms with Gasteiger partial charge in [-0.2, -0.15) is 23.1 Å². The lowest BCUT2D eigenvalue weighted by Crippen LogP contribution is -2.29. The Labute approximate surface area is 243 Å². The normalized spacial score (nSPS) is 16.1. The van der Waals surface area contributed by atoms with E-state index in [1.807, 2.05) is 20.2 Å². The number of aldehydes is 1. The van der Waals surface area contributed by atoms with Gasteiger partial charge in [0.1, 0.15) is 23.5 Å².